The Morgan fingerprint density at radius 3 is 2.47 bits per heavy atom. The Morgan fingerprint density at radius 1 is 1.13 bits per heavy atom. The number of carbonyl (C=O) groups excluding carboxylic acids is 2. The number of nitriles is 1. The van der Waals surface area contributed by atoms with E-state index in [9.17, 15) is 18.4 Å². The third kappa shape index (κ3) is 3.54. The second kappa shape index (κ2) is 7.67. The van der Waals surface area contributed by atoms with Gasteiger partial charge in [-0.3, -0.25) is 14.6 Å². The maximum absolute atomic E-state index is 13.4. The number of nitrogens with one attached hydrogen (secondary N) is 1. The lowest BCUT2D eigenvalue weighted by atomic mass is 10.1. The summed E-state index contributed by atoms with van der Waals surface area (Å²) in [5.41, 5.74) is 0.671. The van der Waals surface area contributed by atoms with E-state index in [0.717, 1.165) is 25.0 Å². The molecule has 2 aromatic carbocycles. The number of nitrogens with zero attached hydrogens (tertiary/aromatic N) is 3. The molecule has 152 valence electrons. The van der Waals surface area contributed by atoms with Crippen LogP contribution in [0.3, 0.4) is 0 Å². The lowest BCUT2D eigenvalue weighted by Gasteiger charge is -2.32. The Labute approximate surface area is 171 Å². The molecule has 1 heterocycles. The molecule has 1 N–H and O–H groups in total. The maximum Gasteiger partial charge on any atom is 0.275 e. The molecule has 0 atom stereocenters. The van der Waals surface area contributed by atoms with Gasteiger partial charge in [-0.15, -0.1) is 0 Å². The van der Waals surface area contributed by atoms with Crippen LogP contribution in [0, 0.1) is 23.0 Å². The second-order valence-corrected chi connectivity index (χ2v) is 7.41. The minimum Gasteiger partial charge on any atom is -0.324 e. The van der Waals surface area contributed by atoms with Crippen LogP contribution in [-0.4, -0.2) is 34.6 Å². The summed E-state index contributed by atoms with van der Waals surface area (Å²) in [4.78, 5) is 31.9. The largest absolute Gasteiger partial charge is 0.324 e. The van der Waals surface area contributed by atoms with Crippen molar-refractivity contribution in [3.05, 3.63) is 65.2 Å². The molecule has 2 aliphatic rings. The highest BCUT2D eigenvalue weighted by Crippen LogP contribution is 2.41. The van der Waals surface area contributed by atoms with Gasteiger partial charge in [0, 0.05) is 17.3 Å². The van der Waals surface area contributed by atoms with Crippen LogP contribution < -0.4 is 5.32 Å². The third-order valence-electron chi connectivity index (χ3n) is 5.47. The van der Waals surface area contributed by atoms with Crippen molar-refractivity contribution < 1.29 is 18.4 Å². The zero-order valence-corrected chi connectivity index (χ0v) is 16.0. The molecular formula is C22H18F2N4O2. The smallest absolute Gasteiger partial charge is 0.275 e. The highest BCUT2D eigenvalue weighted by atomic mass is 19.2. The number of benzene rings is 2. The van der Waals surface area contributed by atoms with E-state index in [2.05, 4.69) is 5.32 Å². The van der Waals surface area contributed by atoms with E-state index in [1.807, 2.05) is 6.07 Å². The van der Waals surface area contributed by atoms with Crippen molar-refractivity contribution in [2.75, 3.05) is 11.9 Å². The summed E-state index contributed by atoms with van der Waals surface area (Å²) in [7, 11) is 0. The summed E-state index contributed by atoms with van der Waals surface area (Å²) in [6.07, 6.45) is 3.07. The first-order valence-electron chi connectivity index (χ1n) is 9.59. The van der Waals surface area contributed by atoms with Crippen molar-refractivity contribution in [1.29, 1.82) is 5.26 Å². The van der Waals surface area contributed by atoms with Crippen molar-refractivity contribution in [1.82, 2.24) is 4.90 Å². The molecule has 1 saturated carbocycles. The van der Waals surface area contributed by atoms with Gasteiger partial charge in [0.25, 0.3) is 5.91 Å². The number of hydrogen-bond acceptors (Lipinski definition) is 4. The first-order valence-corrected chi connectivity index (χ1v) is 9.59. The quantitative estimate of drug-likeness (QED) is 0.842. The highest BCUT2D eigenvalue weighted by Gasteiger charge is 2.49. The zero-order valence-electron chi connectivity index (χ0n) is 16.0. The van der Waals surface area contributed by atoms with Gasteiger partial charge in [0.15, 0.2) is 11.6 Å². The van der Waals surface area contributed by atoms with E-state index in [1.165, 1.54) is 11.0 Å². The van der Waals surface area contributed by atoms with E-state index in [-0.39, 0.29) is 23.9 Å². The summed E-state index contributed by atoms with van der Waals surface area (Å²) in [5.74, 6) is -2.95. The number of carbonyl (C=O) groups is 2. The molecule has 0 radical (unpaired) electrons. The second-order valence-electron chi connectivity index (χ2n) is 7.41. The summed E-state index contributed by atoms with van der Waals surface area (Å²) in [5, 5.41) is 11.5. The Balaban J connectivity index is 1.56. The summed E-state index contributed by atoms with van der Waals surface area (Å²) < 4.78 is 26.5. The molecule has 6 nitrogen and oxygen atoms in total. The first-order chi connectivity index (χ1) is 14.4. The average molecular weight is 408 g/mol. The Bertz CT molecular complexity index is 1080. The van der Waals surface area contributed by atoms with Gasteiger partial charge < -0.3 is 10.2 Å². The van der Waals surface area contributed by atoms with Gasteiger partial charge in [0.1, 0.15) is 17.9 Å². The Morgan fingerprint density at radius 2 is 1.83 bits per heavy atom. The van der Waals surface area contributed by atoms with Crippen LogP contribution in [0.15, 0.2) is 47.5 Å². The van der Waals surface area contributed by atoms with Crippen LogP contribution in [-0.2, 0) is 9.59 Å². The summed E-state index contributed by atoms with van der Waals surface area (Å²) in [6, 6.07) is 11.7. The number of amides is 2. The molecule has 4 rings (SSSR count). The molecule has 30 heavy (non-hydrogen) atoms. The van der Waals surface area contributed by atoms with Crippen LogP contribution in [0.2, 0.25) is 0 Å². The fraction of sp³-hybridized carbons (Fsp3) is 0.273. The van der Waals surface area contributed by atoms with Crippen LogP contribution >= 0.6 is 0 Å². The molecule has 1 aliphatic heterocycles. The minimum absolute atomic E-state index is 0.110. The number of halogens is 2. The Hall–Kier alpha value is -3.60. The minimum atomic E-state index is -1.07. The van der Waals surface area contributed by atoms with Gasteiger partial charge in [0.05, 0.1) is 11.6 Å². The zero-order chi connectivity index (χ0) is 21.3. The first kappa shape index (κ1) is 19.7. The molecule has 0 saturated heterocycles. The van der Waals surface area contributed by atoms with E-state index < -0.39 is 23.2 Å². The van der Waals surface area contributed by atoms with Crippen LogP contribution in [0.5, 0.6) is 0 Å². The monoisotopic (exact) mass is 408 g/mol. The lowest BCUT2D eigenvalue weighted by molar-refractivity contribution is -0.132. The summed E-state index contributed by atoms with van der Waals surface area (Å²) in [6.45, 7) is -0.249. The van der Waals surface area contributed by atoms with Crippen molar-refractivity contribution in [3.8, 4) is 6.07 Å². The van der Waals surface area contributed by atoms with E-state index in [0.29, 0.717) is 24.0 Å². The van der Waals surface area contributed by atoms with E-state index >= 15 is 0 Å². The van der Waals surface area contributed by atoms with Crippen molar-refractivity contribution in [3.63, 3.8) is 0 Å². The highest BCUT2D eigenvalue weighted by molar-refractivity contribution is 6.47. The normalized spacial score (nSPS) is 17.2. The predicted molar refractivity (Wildman–Crippen MR) is 106 cm³/mol. The van der Waals surface area contributed by atoms with Crippen LogP contribution in [0.4, 0.5) is 14.5 Å². The van der Waals surface area contributed by atoms with E-state index in [1.54, 1.807) is 24.3 Å². The molecular weight excluding hydrogens is 390 g/mol. The van der Waals surface area contributed by atoms with Gasteiger partial charge in [-0.1, -0.05) is 12.1 Å². The topological polar surface area (TPSA) is 85.6 Å². The predicted octanol–water partition coefficient (Wildman–Crippen LogP) is 3.38. The van der Waals surface area contributed by atoms with Crippen LogP contribution in [0.1, 0.15) is 36.8 Å². The van der Waals surface area contributed by atoms with Crippen molar-refractivity contribution in [2.45, 2.75) is 31.3 Å². The maximum atomic E-state index is 13.4. The number of aliphatic imine (C=N–C) groups is 1. The van der Waals surface area contributed by atoms with Gasteiger partial charge in [-0.25, -0.2) is 8.78 Å². The molecule has 1 spiro atoms. The number of hydrogen-bond donors (Lipinski definition) is 1. The Kier molecular flexibility index (Phi) is 5.04. The number of anilines is 1. The SMILES string of the molecule is N#Cc1ccc(C2=NC3(CCCC3)N(CC(=O)Nc3ccc(F)c(F)c3)C2=O)cc1. The molecule has 2 amide bonds. The standard InChI is InChI=1S/C22H18F2N4O2/c23-17-8-7-16(11-18(17)24)26-19(29)13-28-21(30)20(27-22(28)9-1-2-10-22)15-5-3-14(12-25)4-6-15/h3-8,11H,1-2,9-10,13H2,(H,26,29). The molecule has 8 heteroatoms. The third-order valence-corrected chi connectivity index (χ3v) is 5.47. The van der Waals surface area contributed by atoms with Crippen molar-refractivity contribution >= 4 is 23.2 Å². The van der Waals surface area contributed by atoms with Gasteiger partial charge >= 0.3 is 0 Å². The molecule has 1 aliphatic carbocycles. The van der Waals surface area contributed by atoms with Crippen LogP contribution in [0.25, 0.3) is 0 Å². The fourth-order valence-electron chi connectivity index (χ4n) is 3.98. The fourth-order valence-corrected chi connectivity index (χ4v) is 3.98. The van der Waals surface area contributed by atoms with E-state index in [4.69, 9.17) is 10.3 Å². The van der Waals surface area contributed by atoms with Crippen molar-refractivity contribution in [2.24, 2.45) is 4.99 Å². The average Bonchev–Trinajstić information content (AvgIpc) is 3.31. The molecule has 2 aromatic rings. The number of rotatable bonds is 4. The molecule has 0 bridgehead atoms. The molecule has 0 unspecified atom stereocenters. The molecule has 0 aromatic heterocycles. The molecule has 1 fully saturated rings. The van der Waals surface area contributed by atoms with Gasteiger partial charge in [-0.2, -0.15) is 5.26 Å². The lowest BCUT2D eigenvalue weighted by Crippen LogP contribution is -2.48. The van der Waals surface area contributed by atoms with Gasteiger partial charge in [-0.05, 0) is 49.9 Å². The summed E-state index contributed by atoms with van der Waals surface area (Å²) >= 11 is 0. The van der Waals surface area contributed by atoms with Gasteiger partial charge in [0.2, 0.25) is 5.91 Å².